The Kier molecular flexibility index (Phi) is 5.95. The van der Waals surface area contributed by atoms with Crippen LogP contribution in [0.15, 0.2) is 24.3 Å². The van der Waals surface area contributed by atoms with Crippen molar-refractivity contribution in [1.29, 1.82) is 0 Å². The molecule has 4 nitrogen and oxygen atoms in total. The molecule has 0 saturated heterocycles. The van der Waals surface area contributed by atoms with Crippen LogP contribution in [-0.2, 0) is 11.2 Å². The zero-order valence-electron chi connectivity index (χ0n) is 10.5. The average Bonchev–Trinajstić information content (AvgIpc) is 2.39. The van der Waals surface area contributed by atoms with Crippen LogP contribution < -0.4 is 10.2 Å². The molecule has 0 radical (unpaired) electrons. The largest absolute Gasteiger partial charge is 0.489 e. The summed E-state index contributed by atoms with van der Waals surface area (Å²) in [6.45, 7) is 3.88. The normalized spacial score (nSPS) is 13.8. The molecular weight excluding hydrogens is 254 g/mol. The first-order valence-electron chi connectivity index (χ1n) is 5.90. The number of hydrogen-bond acceptors (Lipinski definition) is 3. The number of amides is 1. The van der Waals surface area contributed by atoms with Gasteiger partial charge in [-0.2, -0.15) is 0 Å². The second kappa shape index (κ2) is 7.24. The molecular formula is C13H18ClNO3. The fourth-order valence-electron chi connectivity index (χ4n) is 1.58. The van der Waals surface area contributed by atoms with Crippen LogP contribution in [0.2, 0.25) is 0 Å². The van der Waals surface area contributed by atoms with E-state index in [-0.39, 0.29) is 17.9 Å². The van der Waals surface area contributed by atoms with Gasteiger partial charge in [-0.15, -0.1) is 11.6 Å². The van der Waals surface area contributed by atoms with Crippen molar-refractivity contribution in [2.75, 3.05) is 0 Å². The Morgan fingerprint density at radius 3 is 2.78 bits per heavy atom. The first kappa shape index (κ1) is 14.8. The molecule has 0 aliphatic heterocycles. The topological polar surface area (TPSA) is 58.6 Å². The van der Waals surface area contributed by atoms with E-state index in [1.165, 1.54) is 0 Å². The molecule has 0 saturated carbocycles. The minimum Gasteiger partial charge on any atom is -0.489 e. The maximum Gasteiger partial charge on any atom is 0.247 e. The van der Waals surface area contributed by atoms with Crippen LogP contribution in [0.5, 0.6) is 5.75 Å². The molecule has 5 heteroatoms. The first-order valence-corrected chi connectivity index (χ1v) is 6.33. The summed E-state index contributed by atoms with van der Waals surface area (Å²) in [6, 6.07) is 7.22. The van der Waals surface area contributed by atoms with Crippen LogP contribution in [0, 0.1) is 0 Å². The van der Waals surface area contributed by atoms with Crippen LogP contribution in [0.3, 0.4) is 0 Å². The van der Waals surface area contributed by atoms with Gasteiger partial charge in [-0.3, -0.25) is 10.0 Å². The third-order valence-corrected chi connectivity index (χ3v) is 3.32. The van der Waals surface area contributed by atoms with E-state index >= 15 is 0 Å². The summed E-state index contributed by atoms with van der Waals surface area (Å²) in [7, 11) is 0. The van der Waals surface area contributed by atoms with Crippen LogP contribution in [0.1, 0.15) is 25.8 Å². The summed E-state index contributed by atoms with van der Waals surface area (Å²) in [6.07, 6.45) is 0.732. The number of halogens is 1. The number of para-hydroxylation sites is 1. The molecule has 0 aliphatic carbocycles. The highest BCUT2D eigenvalue weighted by Gasteiger charge is 2.16. The predicted octanol–water partition coefficient (Wildman–Crippen LogP) is 2.52. The van der Waals surface area contributed by atoms with E-state index < -0.39 is 5.91 Å². The molecule has 1 aromatic carbocycles. The lowest BCUT2D eigenvalue weighted by atomic mass is 10.1. The Bertz CT molecular complexity index is 398. The molecule has 2 unspecified atom stereocenters. The van der Waals surface area contributed by atoms with Gasteiger partial charge in [-0.05, 0) is 19.4 Å². The first-order chi connectivity index (χ1) is 8.58. The predicted molar refractivity (Wildman–Crippen MR) is 70.1 cm³/mol. The number of rotatable bonds is 6. The van der Waals surface area contributed by atoms with Gasteiger partial charge >= 0.3 is 0 Å². The number of hydrogen-bond donors (Lipinski definition) is 2. The third-order valence-electron chi connectivity index (χ3n) is 2.66. The van der Waals surface area contributed by atoms with Gasteiger partial charge in [0.25, 0.3) is 0 Å². The third kappa shape index (κ3) is 4.20. The van der Waals surface area contributed by atoms with E-state index in [4.69, 9.17) is 21.5 Å². The molecule has 1 amide bonds. The van der Waals surface area contributed by atoms with Crippen molar-refractivity contribution in [3.63, 3.8) is 0 Å². The molecule has 0 fully saturated rings. The fourth-order valence-corrected chi connectivity index (χ4v) is 1.63. The van der Waals surface area contributed by atoms with Crippen LogP contribution in [0.4, 0.5) is 0 Å². The van der Waals surface area contributed by atoms with Crippen molar-refractivity contribution in [3.8, 4) is 5.75 Å². The quantitative estimate of drug-likeness (QED) is 0.475. The van der Waals surface area contributed by atoms with Crippen LogP contribution in [0.25, 0.3) is 0 Å². The number of nitrogens with one attached hydrogen (secondary N) is 1. The van der Waals surface area contributed by atoms with Crippen molar-refractivity contribution in [2.45, 2.75) is 38.2 Å². The lowest BCUT2D eigenvalue weighted by molar-refractivity contribution is -0.128. The van der Waals surface area contributed by atoms with Gasteiger partial charge < -0.3 is 4.74 Å². The Labute approximate surface area is 112 Å². The summed E-state index contributed by atoms with van der Waals surface area (Å²) in [5, 5.41) is 8.45. The Morgan fingerprint density at radius 1 is 1.50 bits per heavy atom. The monoisotopic (exact) mass is 271 g/mol. The Balaban J connectivity index is 2.78. The van der Waals surface area contributed by atoms with E-state index in [1.807, 2.05) is 26.0 Å². The number of carbonyl (C=O) groups excluding carboxylic acids is 1. The molecule has 0 bridgehead atoms. The molecule has 100 valence electrons. The summed E-state index contributed by atoms with van der Waals surface area (Å²) in [5.74, 6) is 0.143. The van der Waals surface area contributed by atoms with E-state index in [0.717, 1.165) is 12.0 Å². The molecule has 0 aromatic heterocycles. The fraction of sp³-hybridized carbons (Fsp3) is 0.462. The second-order valence-electron chi connectivity index (χ2n) is 4.07. The molecule has 2 N–H and O–H groups in total. The van der Waals surface area contributed by atoms with E-state index in [2.05, 4.69) is 0 Å². The van der Waals surface area contributed by atoms with E-state index in [0.29, 0.717) is 5.75 Å². The summed E-state index contributed by atoms with van der Waals surface area (Å²) >= 11 is 6.11. The molecule has 0 spiro atoms. The van der Waals surface area contributed by atoms with E-state index in [9.17, 15) is 4.79 Å². The SMILES string of the molecule is CCC(Cl)C(C)Oc1ccccc1CC(=O)NO. The van der Waals surface area contributed by atoms with Crippen molar-refractivity contribution in [3.05, 3.63) is 29.8 Å². The minimum absolute atomic E-state index is 0.0679. The summed E-state index contributed by atoms with van der Waals surface area (Å²) < 4.78 is 5.75. The molecule has 2 atom stereocenters. The number of benzene rings is 1. The number of alkyl halides is 1. The highest BCUT2D eigenvalue weighted by atomic mass is 35.5. The molecule has 18 heavy (non-hydrogen) atoms. The van der Waals surface area contributed by atoms with Crippen LogP contribution in [-0.4, -0.2) is 22.6 Å². The van der Waals surface area contributed by atoms with Crippen molar-refractivity contribution in [1.82, 2.24) is 5.48 Å². The number of hydroxylamine groups is 1. The van der Waals surface area contributed by atoms with Gasteiger partial charge in [0.15, 0.2) is 0 Å². The highest BCUT2D eigenvalue weighted by molar-refractivity contribution is 6.21. The standard InChI is InChI=1S/C13H18ClNO3/c1-3-11(14)9(2)18-12-7-5-4-6-10(12)8-13(16)15-17/h4-7,9,11,17H,3,8H2,1-2H3,(H,15,16). The summed E-state index contributed by atoms with van der Waals surface area (Å²) in [4.78, 5) is 11.2. The highest BCUT2D eigenvalue weighted by Crippen LogP contribution is 2.22. The van der Waals surface area contributed by atoms with Gasteiger partial charge in [0.2, 0.25) is 5.91 Å². The van der Waals surface area contributed by atoms with Crippen molar-refractivity contribution >= 4 is 17.5 Å². The smallest absolute Gasteiger partial charge is 0.247 e. The lowest BCUT2D eigenvalue weighted by Gasteiger charge is -2.20. The van der Waals surface area contributed by atoms with Crippen molar-refractivity contribution in [2.24, 2.45) is 0 Å². The molecule has 1 aromatic rings. The van der Waals surface area contributed by atoms with E-state index in [1.54, 1.807) is 17.6 Å². The number of ether oxygens (including phenoxy) is 1. The van der Waals surface area contributed by atoms with Gasteiger partial charge in [-0.1, -0.05) is 25.1 Å². The molecule has 1 rings (SSSR count). The van der Waals surface area contributed by atoms with Crippen LogP contribution >= 0.6 is 11.6 Å². The van der Waals surface area contributed by atoms with Gasteiger partial charge in [-0.25, -0.2) is 5.48 Å². The second-order valence-corrected chi connectivity index (χ2v) is 4.63. The lowest BCUT2D eigenvalue weighted by Crippen LogP contribution is -2.25. The average molecular weight is 272 g/mol. The van der Waals surface area contributed by atoms with Gasteiger partial charge in [0.1, 0.15) is 11.9 Å². The maximum atomic E-state index is 11.2. The zero-order chi connectivity index (χ0) is 13.5. The van der Waals surface area contributed by atoms with Gasteiger partial charge in [0.05, 0.1) is 11.8 Å². The maximum absolute atomic E-state index is 11.2. The molecule has 0 aliphatic rings. The number of carbonyl (C=O) groups is 1. The zero-order valence-corrected chi connectivity index (χ0v) is 11.3. The molecule has 0 heterocycles. The Hall–Kier alpha value is -1.26. The van der Waals surface area contributed by atoms with Gasteiger partial charge in [0, 0.05) is 5.56 Å². The minimum atomic E-state index is -0.475. The summed E-state index contributed by atoms with van der Waals surface area (Å²) in [5.41, 5.74) is 2.33. The van der Waals surface area contributed by atoms with Crippen molar-refractivity contribution < 1.29 is 14.7 Å². The Morgan fingerprint density at radius 2 is 2.17 bits per heavy atom.